The standard InChI is InChI=1S/C8H14N2O3/c1-5(2)9-7(11)6-4-10(3)8(12)13-6/h5-6H,4H2,1-3H3,(H,9,11). The molecule has 1 atom stereocenters. The van der Waals surface area contributed by atoms with Crippen molar-refractivity contribution in [3.05, 3.63) is 0 Å². The molecule has 1 fully saturated rings. The van der Waals surface area contributed by atoms with E-state index in [1.54, 1.807) is 7.05 Å². The lowest BCUT2D eigenvalue weighted by atomic mass is 10.3. The number of likely N-dealkylation sites (N-methyl/N-ethyl adjacent to an activating group) is 1. The number of hydrogen-bond donors (Lipinski definition) is 1. The van der Waals surface area contributed by atoms with Crippen LogP contribution in [0.2, 0.25) is 0 Å². The van der Waals surface area contributed by atoms with Gasteiger partial charge in [-0.25, -0.2) is 4.79 Å². The second kappa shape index (κ2) is 3.64. The second-order valence-electron chi connectivity index (χ2n) is 3.42. The molecule has 2 amide bonds. The van der Waals surface area contributed by atoms with Crippen LogP contribution in [0.4, 0.5) is 4.79 Å². The van der Waals surface area contributed by atoms with Crippen molar-refractivity contribution in [1.82, 2.24) is 10.2 Å². The molecular weight excluding hydrogens is 172 g/mol. The van der Waals surface area contributed by atoms with Crippen molar-refractivity contribution in [3.8, 4) is 0 Å². The highest BCUT2D eigenvalue weighted by Gasteiger charge is 2.33. The van der Waals surface area contributed by atoms with Crippen LogP contribution in [0.1, 0.15) is 13.8 Å². The van der Waals surface area contributed by atoms with Crippen LogP contribution in [0.5, 0.6) is 0 Å². The van der Waals surface area contributed by atoms with E-state index in [9.17, 15) is 9.59 Å². The molecule has 1 N–H and O–H groups in total. The number of amides is 2. The number of nitrogens with one attached hydrogen (secondary N) is 1. The summed E-state index contributed by atoms with van der Waals surface area (Å²) in [5.74, 6) is -0.229. The first-order valence-corrected chi connectivity index (χ1v) is 4.23. The van der Waals surface area contributed by atoms with Gasteiger partial charge in [0.05, 0.1) is 6.54 Å². The predicted molar refractivity (Wildman–Crippen MR) is 46.2 cm³/mol. The van der Waals surface area contributed by atoms with E-state index < -0.39 is 12.2 Å². The van der Waals surface area contributed by atoms with Crippen LogP contribution in [-0.2, 0) is 9.53 Å². The van der Waals surface area contributed by atoms with Crippen molar-refractivity contribution in [1.29, 1.82) is 0 Å². The molecule has 1 unspecified atom stereocenters. The Morgan fingerprint density at radius 2 is 2.31 bits per heavy atom. The summed E-state index contributed by atoms with van der Waals surface area (Å²) in [4.78, 5) is 23.6. The second-order valence-corrected chi connectivity index (χ2v) is 3.42. The number of cyclic esters (lactones) is 1. The van der Waals surface area contributed by atoms with Crippen LogP contribution < -0.4 is 5.32 Å². The number of carbonyl (C=O) groups is 2. The summed E-state index contributed by atoms with van der Waals surface area (Å²) in [6.45, 7) is 4.05. The van der Waals surface area contributed by atoms with Crippen LogP contribution in [0.15, 0.2) is 0 Å². The molecule has 0 saturated carbocycles. The number of hydrogen-bond acceptors (Lipinski definition) is 3. The maximum atomic E-state index is 11.3. The van der Waals surface area contributed by atoms with Crippen LogP contribution in [-0.4, -0.2) is 42.6 Å². The Hall–Kier alpha value is -1.26. The summed E-state index contributed by atoms with van der Waals surface area (Å²) in [5, 5.41) is 2.68. The van der Waals surface area contributed by atoms with E-state index in [0.717, 1.165) is 0 Å². The molecule has 0 aromatic heterocycles. The van der Waals surface area contributed by atoms with Crippen LogP contribution in [0.3, 0.4) is 0 Å². The lowest BCUT2D eigenvalue weighted by Gasteiger charge is -2.11. The maximum absolute atomic E-state index is 11.3. The molecule has 0 aliphatic carbocycles. The molecule has 0 spiro atoms. The van der Waals surface area contributed by atoms with E-state index in [2.05, 4.69) is 5.32 Å². The summed E-state index contributed by atoms with van der Waals surface area (Å²) in [5.41, 5.74) is 0. The zero-order chi connectivity index (χ0) is 10.0. The molecule has 1 aliphatic rings. The number of nitrogens with zero attached hydrogens (tertiary/aromatic N) is 1. The minimum absolute atomic E-state index is 0.0668. The fourth-order valence-electron chi connectivity index (χ4n) is 1.09. The summed E-state index contributed by atoms with van der Waals surface area (Å²) in [6, 6.07) is 0.0668. The average molecular weight is 186 g/mol. The average Bonchev–Trinajstić information content (AvgIpc) is 2.31. The molecule has 0 aromatic rings. The molecule has 0 bridgehead atoms. The van der Waals surface area contributed by atoms with Gasteiger partial charge in [0, 0.05) is 13.1 Å². The third-order valence-electron chi connectivity index (χ3n) is 1.72. The van der Waals surface area contributed by atoms with Gasteiger partial charge in [-0.1, -0.05) is 0 Å². The molecule has 0 aromatic carbocycles. The number of ether oxygens (including phenoxy) is 1. The molecule has 13 heavy (non-hydrogen) atoms. The van der Waals surface area contributed by atoms with Crippen LogP contribution in [0, 0.1) is 0 Å². The van der Waals surface area contributed by atoms with Gasteiger partial charge in [0.15, 0.2) is 6.10 Å². The van der Waals surface area contributed by atoms with E-state index >= 15 is 0 Å². The summed E-state index contributed by atoms with van der Waals surface area (Å²) in [6.07, 6.45) is -1.09. The van der Waals surface area contributed by atoms with Crippen molar-refractivity contribution in [2.24, 2.45) is 0 Å². The van der Waals surface area contributed by atoms with Gasteiger partial charge in [-0.3, -0.25) is 4.79 Å². The van der Waals surface area contributed by atoms with Gasteiger partial charge in [0.25, 0.3) is 5.91 Å². The van der Waals surface area contributed by atoms with Crippen molar-refractivity contribution in [2.45, 2.75) is 26.0 Å². The van der Waals surface area contributed by atoms with E-state index in [0.29, 0.717) is 6.54 Å². The summed E-state index contributed by atoms with van der Waals surface area (Å²) >= 11 is 0. The summed E-state index contributed by atoms with van der Waals surface area (Å²) < 4.78 is 4.81. The Labute approximate surface area is 77.0 Å². The van der Waals surface area contributed by atoms with Crippen LogP contribution >= 0.6 is 0 Å². The topological polar surface area (TPSA) is 58.6 Å². The lowest BCUT2D eigenvalue weighted by molar-refractivity contribution is -0.128. The van der Waals surface area contributed by atoms with Crippen molar-refractivity contribution < 1.29 is 14.3 Å². The SMILES string of the molecule is CC(C)NC(=O)C1CN(C)C(=O)O1. The molecule has 0 radical (unpaired) electrons. The van der Waals surface area contributed by atoms with Gasteiger partial charge in [-0.15, -0.1) is 0 Å². The largest absolute Gasteiger partial charge is 0.434 e. The van der Waals surface area contributed by atoms with Crippen LogP contribution in [0.25, 0.3) is 0 Å². The Balaban J connectivity index is 2.46. The van der Waals surface area contributed by atoms with Gasteiger partial charge < -0.3 is 15.0 Å². The molecular formula is C8H14N2O3. The Morgan fingerprint density at radius 3 is 2.69 bits per heavy atom. The fraction of sp³-hybridized carbons (Fsp3) is 0.750. The Bertz CT molecular complexity index is 227. The Morgan fingerprint density at radius 1 is 1.69 bits per heavy atom. The monoisotopic (exact) mass is 186 g/mol. The van der Waals surface area contributed by atoms with Gasteiger partial charge >= 0.3 is 6.09 Å². The number of rotatable bonds is 2. The molecule has 74 valence electrons. The van der Waals surface area contributed by atoms with Gasteiger partial charge in [-0.2, -0.15) is 0 Å². The molecule has 1 heterocycles. The third kappa shape index (κ3) is 2.34. The molecule has 5 nitrogen and oxygen atoms in total. The first-order chi connectivity index (χ1) is 6.00. The summed E-state index contributed by atoms with van der Waals surface area (Å²) in [7, 11) is 1.60. The molecule has 5 heteroatoms. The van der Waals surface area contributed by atoms with Gasteiger partial charge in [0.2, 0.25) is 0 Å². The van der Waals surface area contributed by atoms with Crippen molar-refractivity contribution in [2.75, 3.05) is 13.6 Å². The highest BCUT2D eigenvalue weighted by atomic mass is 16.6. The minimum atomic E-state index is -0.653. The maximum Gasteiger partial charge on any atom is 0.410 e. The number of carbonyl (C=O) groups excluding carboxylic acids is 2. The first-order valence-electron chi connectivity index (χ1n) is 4.23. The smallest absolute Gasteiger partial charge is 0.410 e. The zero-order valence-corrected chi connectivity index (χ0v) is 8.03. The zero-order valence-electron chi connectivity index (χ0n) is 8.03. The quantitative estimate of drug-likeness (QED) is 0.658. The van der Waals surface area contributed by atoms with E-state index in [1.165, 1.54) is 4.90 Å². The highest BCUT2D eigenvalue weighted by molar-refractivity contribution is 5.86. The van der Waals surface area contributed by atoms with Crippen molar-refractivity contribution in [3.63, 3.8) is 0 Å². The molecule has 1 saturated heterocycles. The third-order valence-corrected chi connectivity index (χ3v) is 1.72. The van der Waals surface area contributed by atoms with Gasteiger partial charge in [-0.05, 0) is 13.8 Å². The van der Waals surface area contributed by atoms with E-state index in [4.69, 9.17) is 4.74 Å². The fourth-order valence-corrected chi connectivity index (χ4v) is 1.09. The predicted octanol–water partition coefficient (Wildman–Crippen LogP) is -0.0384. The van der Waals surface area contributed by atoms with E-state index in [-0.39, 0.29) is 11.9 Å². The van der Waals surface area contributed by atoms with E-state index in [1.807, 2.05) is 13.8 Å². The van der Waals surface area contributed by atoms with Crippen molar-refractivity contribution >= 4 is 12.0 Å². The highest BCUT2D eigenvalue weighted by Crippen LogP contribution is 2.08. The first kappa shape index (κ1) is 9.83. The Kier molecular flexibility index (Phi) is 2.75. The lowest BCUT2D eigenvalue weighted by Crippen LogP contribution is -2.40. The molecule has 1 rings (SSSR count). The normalized spacial score (nSPS) is 22.0. The molecule has 1 aliphatic heterocycles. The minimum Gasteiger partial charge on any atom is -0.434 e. The van der Waals surface area contributed by atoms with Gasteiger partial charge in [0.1, 0.15) is 0 Å².